The van der Waals surface area contributed by atoms with Gasteiger partial charge in [0.2, 0.25) is 11.8 Å². The number of carbonyl (C=O) groups excluding carboxylic acids is 1. The molecular weight excluding hydrogens is 324 g/mol. The number of pyridine rings is 1. The van der Waals surface area contributed by atoms with Gasteiger partial charge in [0.05, 0.1) is 5.41 Å². The molecule has 0 bridgehead atoms. The number of hydrogen-bond donors (Lipinski definition) is 0. The molecule has 2 aromatic heterocycles. The molecule has 1 amide bonds. The summed E-state index contributed by atoms with van der Waals surface area (Å²) < 4.78 is 16.1. The number of rotatable bonds is 8. The number of nitrogens with zero attached hydrogens (tertiary/aromatic N) is 4. The van der Waals surface area contributed by atoms with E-state index in [1.807, 2.05) is 25.1 Å². The lowest BCUT2D eigenvalue weighted by Gasteiger charge is -2.45. The molecule has 0 spiro atoms. The summed E-state index contributed by atoms with van der Waals surface area (Å²) in [7, 11) is 1.64. The third kappa shape index (κ3) is 4.02. The molecule has 2 aromatic rings. The first-order chi connectivity index (χ1) is 12.1. The second-order valence-corrected chi connectivity index (χ2v) is 6.34. The number of likely N-dealkylation sites (tertiary alicyclic amines) is 1. The summed E-state index contributed by atoms with van der Waals surface area (Å²) in [6.45, 7) is 4.32. The number of methoxy groups -OCH3 is 1. The van der Waals surface area contributed by atoms with Crippen LogP contribution < -0.4 is 0 Å². The maximum Gasteiger partial charge on any atom is 0.266 e. The number of hydrogen-bond acceptors (Lipinski definition) is 7. The Bertz CT molecular complexity index is 698. The largest absolute Gasteiger partial charge is 0.419 e. The number of carbonyl (C=O) groups is 1. The van der Waals surface area contributed by atoms with E-state index in [9.17, 15) is 4.79 Å². The van der Waals surface area contributed by atoms with Crippen LogP contribution >= 0.6 is 0 Å². The van der Waals surface area contributed by atoms with E-state index in [1.54, 1.807) is 18.2 Å². The Morgan fingerprint density at radius 2 is 2.16 bits per heavy atom. The Hall–Kier alpha value is -2.32. The van der Waals surface area contributed by atoms with Crippen LogP contribution in [0.5, 0.6) is 0 Å². The van der Waals surface area contributed by atoms with Gasteiger partial charge in [0, 0.05) is 39.6 Å². The Morgan fingerprint density at radius 1 is 1.32 bits per heavy atom. The minimum absolute atomic E-state index is 0.0284. The lowest BCUT2D eigenvalue weighted by Crippen LogP contribution is -2.60. The quantitative estimate of drug-likeness (QED) is 0.665. The van der Waals surface area contributed by atoms with Gasteiger partial charge in [-0.25, -0.2) is 0 Å². The van der Waals surface area contributed by atoms with E-state index in [1.165, 1.54) is 0 Å². The maximum absolute atomic E-state index is 12.1. The molecule has 0 aliphatic carbocycles. The third-order valence-corrected chi connectivity index (χ3v) is 4.12. The normalized spacial score (nSPS) is 15.8. The Balaban J connectivity index is 1.50. The van der Waals surface area contributed by atoms with E-state index in [0.717, 1.165) is 6.42 Å². The highest BCUT2D eigenvalue weighted by atomic mass is 16.5. The highest BCUT2D eigenvalue weighted by molar-refractivity contribution is 5.78. The van der Waals surface area contributed by atoms with E-state index >= 15 is 0 Å². The fraction of sp³-hybridized carbons (Fsp3) is 0.529. The smallest absolute Gasteiger partial charge is 0.266 e. The molecule has 0 unspecified atom stereocenters. The van der Waals surface area contributed by atoms with E-state index in [2.05, 4.69) is 15.2 Å². The summed E-state index contributed by atoms with van der Waals surface area (Å²) in [6.07, 6.45) is 2.46. The van der Waals surface area contributed by atoms with Gasteiger partial charge in [-0.2, -0.15) is 0 Å². The van der Waals surface area contributed by atoms with Crippen LogP contribution in [0.3, 0.4) is 0 Å². The van der Waals surface area contributed by atoms with Crippen LogP contribution in [0.15, 0.2) is 28.8 Å². The molecule has 0 aromatic carbocycles. The van der Waals surface area contributed by atoms with Crippen LogP contribution in [0, 0.1) is 0 Å². The van der Waals surface area contributed by atoms with Gasteiger partial charge >= 0.3 is 0 Å². The van der Waals surface area contributed by atoms with Crippen LogP contribution in [0.1, 0.15) is 19.2 Å². The SMILES string of the molecule is COCCCOCC(=O)N1CC(C)(c2nnc(-c3ccccn3)o2)C1. The van der Waals surface area contributed by atoms with Gasteiger partial charge in [-0.3, -0.25) is 9.78 Å². The molecule has 8 heteroatoms. The molecule has 0 atom stereocenters. The van der Waals surface area contributed by atoms with Gasteiger partial charge in [-0.1, -0.05) is 6.07 Å². The molecule has 1 aliphatic heterocycles. The van der Waals surface area contributed by atoms with Crippen molar-refractivity contribution >= 4 is 5.91 Å². The molecule has 8 nitrogen and oxygen atoms in total. The molecule has 134 valence electrons. The van der Waals surface area contributed by atoms with Crippen molar-refractivity contribution < 1.29 is 18.7 Å². The fourth-order valence-electron chi connectivity index (χ4n) is 2.72. The predicted molar refractivity (Wildman–Crippen MR) is 88.8 cm³/mol. The maximum atomic E-state index is 12.1. The summed E-state index contributed by atoms with van der Waals surface area (Å²) in [6, 6.07) is 5.51. The zero-order valence-corrected chi connectivity index (χ0v) is 14.5. The average Bonchev–Trinajstić information content (AvgIpc) is 3.10. The molecule has 1 aliphatic rings. The predicted octanol–water partition coefficient (Wildman–Crippen LogP) is 1.28. The summed E-state index contributed by atoms with van der Waals surface area (Å²) in [4.78, 5) is 18.0. The standard InChI is InChI=1S/C17H22N4O4/c1-17(11-21(12-17)14(22)10-24-9-5-8-23-2)16-20-19-15(25-16)13-6-3-4-7-18-13/h3-4,6-7H,5,8-12H2,1-2H3. The molecule has 1 saturated heterocycles. The molecule has 0 N–H and O–H groups in total. The first kappa shape index (κ1) is 17.5. The van der Waals surface area contributed by atoms with Crippen LogP contribution in [-0.4, -0.2) is 66.0 Å². The highest BCUT2D eigenvalue weighted by Gasteiger charge is 2.46. The molecule has 25 heavy (non-hydrogen) atoms. The Labute approximate surface area is 146 Å². The summed E-state index contributed by atoms with van der Waals surface area (Å²) in [5.41, 5.74) is 0.313. The topological polar surface area (TPSA) is 90.6 Å². The van der Waals surface area contributed by atoms with Crippen molar-refractivity contribution in [3.8, 4) is 11.6 Å². The average molecular weight is 346 g/mol. The minimum Gasteiger partial charge on any atom is -0.419 e. The van der Waals surface area contributed by atoms with Gasteiger partial charge < -0.3 is 18.8 Å². The summed E-state index contributed by atoms with van der Waals surface area (Å²) in [5.74, 6) is 0.889. The number of ether oxygens (including phenoxy) is 2. The lowest BCUT2D eigenvalue weighted by molar-refractivity contribution is -0.144. The Kier molecular flexibility index (Phi) is 5.40. The van der Waals surface area contributed by atoms with Crippen molar-refractivity contribution in [2.24, 2.45) is 0 Å². The molecule has 0 saturated carbocycles. The zero-order valence-electron chi connectivity index (χ0n) is 14.5. The first-order valence-electron chi connectivity index (χ1n) is 8.22. The van der Waals surface area contributed by atoms with Crippen LogP contribution in [0.25, 0.3) is 11.6 Å². The van der Waals surface area contributed by atoms with Gasteiger partial charge in [0.15, 0.2) is 0 Å². The lowest BCUT2D eigenvalue weighted by atomic mass is 9.82. The van der Waals surface area contributed by atoms with E-state index in [-0.39, 0.29) is 17.9 Å². The molecule has 3 rings (SSSR count). The Morgan fingerprint density at radius 3 is 2.88 bits per heavy atom. The molecule has 3 heterocycles. The van der Waals surface area contributed by atoms with Crippen molar-refractivity contribution in [3.05, 3.63) is 30.3 Å². The van der Waals surface area contributed by atoms with Crippen molar-refractivity contribution in [2.75, 3.05) is 40.0 Å². The van der Waals surface area contributed by atoms with Crippen LogP contribution in [0.4, 0.5) is 0 Å². The zero-order chi connectivity index (χ0) is 17.7. The number of amides is 1. The van der Waals surface area contributed by atoms with Gasteiger partial charge in [0.1, 0.15) is 12.3 Å². The first-order valence-corrected chi connectivity index (χ1v) is 8.22. The summed E-state index contributed by atoms with van der Waals surface area (Å²) in [5, 5.41) is 8.20. The molecule has 1 fully saturated rings. The third-order valence-electron chi connectivity index (χ3n) is 4.12. The fourth-order valence-corrected chi connectivity index (χ4v) is 2.72. The van der Waals surface area contributed by atoms with E-state index in [4.69, 9.17) is 13.9 Å². The van der Waals surface area contributed by atoms with Gasteiger partial charge in [-0.15, -0.1) is 10.2 Å². The van der Waals surface area contributed by atoms with Crippen molar-refractivity contribution in [1.29, 1.82) is 0 Å². The van der Waals surface area contributed by atoms with E-state index in [0.29, 0.717) is 43.8 Å². The molecular formula is C17H22N4O4. The second kappa shape index (κ2) is 7.71. The minimum atomic E-state index is -0.328. The van der Waals surface area contributed by atoms with E-state index < -0.39 is 0 Å². The van der Waals surface area contributed by atoms with Gasteiger partial charge in [-0.05, 0) is 25.5 Å². The summed E-state index contributed by atoms with van der Waals surface area (Å²) >= 11 is 0. The monoisotopic (exact) mass is 346 g/mol. The van der Waals surface area contributed by atoms with Crippen molar-refractivity contribution in [3.63, 3.8) is 0 Å². The molecule has 0 radical (unpaired) electrons. The van der Waals surface area contributed by atoms with Crippen molar-refractivity contribution in [2.45, 2.75) is 18.8 Å². The second-order valence-electron chi connectivity index (χ2n) is 6.34. The number of aromatic nitrogens is 3. The van der Waals surface area contributed by atoms with Crippen LogP contribution in [-0.2, 0) is 19.7 Å². The van der Waals surface area contributed by atoms with Gasteiger partial charge in [0.25, 0.3) is 5.89 Å². The highest BCUT2D eigenvalue weighted by Crippen LogP contribution is 2.34. The van der Waals surface area contributed by atoms with Crippen LogP contribution in [0.2, 0.25) is 0 Å². The van der Waals surface area contributed by atoms with Crippen molar-refractivity contribution in [1.82, 2.24) is 20.1 Å².